The zero-order valence-electron chi connectivity index (χ0n) is 12.8. The molecule has 1 saturated carbocycles. The number of rotatable bonds is 5. The van der Waals surface area contributed by atoms with E-state index in [1.807, 2.05) is 0 Å². The van der Waals surface area contributed by atoms with Crippen molar-refractivity contribution in [2.45, 2.75) is 71.8 Å². The van der Waals surface area contributed by atoms with Crippen molar-refractivity contribution in [2.75, 3.05) is 5.32 Å². The van der Waals surface area contributed by atoms with Gasteiger partial charge in [0.1, 0.15) is 0 Å². The molecule has 0 aliphatic heterocycles. The lowest BCUT2D eigenvalue weighted by Gasteiger charge is -2.36. The van der Waals surface area contributed by atoms with Crippen molar-refractivity contribution in [1.29, 1.82) is 0 Å². The summed E-state index contributed by atoms with van der Waals surface area (Å²) in [5, 5.41) is 3.72. The molecule has 1 aliphatic carbocycles. The molecule has 0 bridgehead atoms. The highest BCUT2D eigenvalue weighted by atomic mass is 14.9. The van der Waals surface area contributed by atoms with E-state index in [1.54, 1.807) is 0 Å². The minimum Gasteiger partial charge on any atom is -0.382 e. The lowest BCUT2D eigenvalue weighted by Crippen LogP contribution is -2.31. The van der Waals surface area contributed by atoms with Gasteiger partial charge in [-0.25, -0.2) is 0 Å². The Morgan fingerprint density at radius 3 is 2.58 bits per heavy atom. The van der Waals surface area contributed by atoms with Crippen LogP contribution in [0.2, 0.25) is 0 Å². The van der Waals surface area contributed by atoms with Crippen molar-refractivity contribution in [3.8, 4) is 0 Å². The van der Waals surface area contributed by atoms with E-state index in [0.717, 1.165) is 0 Å². The molecule has 2 rings (SSSR count). The first-order chi connectivity index (χ1) is 9.09. The molecule has 106 valence electrons. The maximum absolute atomic E-state index is 3.72. The van der Waals surface area contributed by atoms with Crippen LogP contribution in [0.3, 0.4) is 0 Å². The van der Waals surface area contributed by atoms with Crippen LogP contribution in [-0.2, 0) is 6.42 Å². The molecule has 1 aliphatic rings. The van der Waals surface area contributed by atoms with E-state index < -0.39 is 0 Å². The van der Waals surface area contributed by atoms with Gasteiger partial charge >= 0.3 is 0 Å². The van der Waals surface area contributed by atoms with Gasteiger partial charge in [0.25, 0.3) is 0 Å². The number of hydrogen-bond acceptors (Lipinski definition) is 1. The van der Waals surface area contributed by atoms with E-state index in [4.69, 9.17) is 0 Å². The summed E-state index contributed by atoms with van der Waals surface area (Å²) >= 11 is 0. The maximum atomic E-state index is 3.72. The average molecular weight is 259 g/mol. The second-order valence-electron chi connectivity index (χ2n) is 6.90. The van der Waals surface area contributed by atoms with E-state index in [1.165, 1.54) is 56.2 Å². The van der Waals surface area contributed by atoms with Gasteiger partial charge in [-0.15, -0.1) is 0 Å². The number of benzene rings is 1. The number of unbranched alkanes of at least 4 members (excludes halogenated alkanes) is 1. The highest BCUT2D eigenvalue weighted by Gasteiger charge is 2.27. The average Bonchev–Trinajstić information content (AvgIpc) is 2.37. The highest BCUT2D eigenvalue weighted by molar-refractivity contribution is 5.45. The van der Waals surface area contributed by atoms with Gasteiger partial charge in [-0.2, -0.15) is 0 Å². The lowest BCUT2D eigenvalue weighted by molar-refractivity contribution is 0.229. The van der Waals surface area contributed by atoms with Crippen LogP contribution in [0.1, 0.15) is 64.9 Å². The predicted octanol–water partition coefficient (Wildman–Crippen LogP) is 5.41. The van der Waals surface area contributed by atoms with Crippen LogP contribution in [0.15, 0.2) is 24.3 Å². The van der Waals surface area contributed by atoms with Gasteiger partial charge in [-0.05, 0) is 55.2 Å². The third kappa shape index (κ3) is 4.56. The standard InChI is InChI=1S/C18H29N/c1-4-5-7-15-9-11-16(12-10-15)19-17-8-6-13-18(2,3)14-17/h9-12,17,19H,4-8,13-14H2,1-3H3. The van der Waals surface area contributed by atoms with Crippen molar-refractivity contribution >= 4 is 5.69 Å². The van der Waals surface area contributed by atoms with Gasteiger partial charge in [0.05, 0.1) is 0 Å². The summed E-state index contributed by atoms with van der Waals surface area (Å²) in [5.74, 6) is 0. The van der Waals surface area contributed by atoms with Gasteiger partial charge in [-0.3, -0.25) is 0 Å². The fourth-order valence-corrected chi connectivity index (χ4v) is 3.21. The fraction of sp³-hybridized carbons (Fsp3) is 0.667. The molecule has 19 heavy (non-hydrogen) atoms. The van der Waals surface area contributed by atoms with E-state index in [2.05, 4.69) is 50.4 Å². The van der Waals surface area contributed by atoms with Crippen LogP contribution < -0.4 is 5.32 Å². The van der Waals surface area contributed by atoms with Gasteiger partial charge in [0.15, 0.2) is 0 Å². The Kier molecular flexibility index (Phi) is 4.90. The van der Waals surface area contributed by atoms with Gasteiger partial charge in [-0.1, -0.05) is 45.7 Å². The molecule has 0 aromatic heterocycles. The minimum atomic E-state index is 0.511. The third-order valence-corrected chi connectivity index (χ3v) is 4.35. The Morgan fingerprint density at radius 1 is 1.21 bits per heavy atom. The van der Waals surface area contributed by atoms with E-state index >= 15 is 0 Å². The van der Waals surface area contributed by atoms with Gasteiger partial charge in [0, 0.05) is 11.7 Å². The first kappa shape index (κ1) is 14.4. The van der Waals surface area contributed by atoms with Crippen molar-refractivity contribution in [1.82, 2.24) is 0 Å². The lowest BCUT2D eigenvalue weighted by atomic mass is 9.75. The largest absolute Gasteiger partial charge is 0.382 e. The van der Waals surface area contributed by atoms with Crippen LogP contribution >= 0.6 is 0 Å². The summed E-state index contributed by atoms with van der Waals surface area (Å²) in [7, 11) is 0. The quantitative estimate of drug-likeness (QED) is 0.745. The normalized spacial score (nSPS) is 22.2. The zero-order valence-corrected chi connectivity index (χ0v) is 12.8. The number of nitrogens with one attached hydrogen (secondary N) is 1. The van der Waals surface area contributed by atoms with Crippen molar-refractivity contribution in [3.05, 3.63) is 29.8 Å². The summed E-state index contributed by atoms with van der Waals surface area (Å²) < 4.78 is 0. The van der Waals surface area contributed by atoms with Crippen LogP contribution in [0.5, 0.6) is 0 Å². The molecule has 1 aromatic carbocycles. The molecule has 1 aromatic rings. The minimum absolute atomic E-state index is 0.511. The molecule has 1 fully saturated rings. The molecule has 0 amide bonds. The van der Waals surface area contributed by atoms with Gasteiger partial charge < -0.3 is 5.32 Å². The maximum Gasteiger partial charge on any atom is 0.0342 e. The van der Waals surface area contributed by atoms with E-state index in [-0.39, 0.29) is 0 Å². The first-order valence-electron chi connectivity index (χ1n) is 7.94. The molecule has 1 atom stereocenters. The molecule has 0 saturated heterocycles. The van der Waals surface area contributed by atoms with E-state index in [0.29, 0.717) is 11.5 Å². The molecule has 1 N–H and O–H groups in total. The second-order valence-corrected chi connectivity index (χ2v) is 6.90. The molecular formula is C18H29N. The molecule has 0 spiro atoms. The van der Waals surface area contributed by atoms with Crippen molar-refractivity contribution in [2.24, 2.45) is 5.41 Å². The number of hydrogen-bond donors (Lipinski definition) is 1. The second kappa shape index (κ2) is 6.45. The molecule has 0 heterocycles. The summed E-state index contributed by atoms with van der Waals surface area (Å²) in [6.45, 7) is 7.05. The number of aryl methyl sites for hydroxylation is 1. The zero-order chi connectivity index (χ0) is 13.7. The van der Waals surface area contributed by atoms with Crippen molar-refractivity contribution in [3.63, 3.8) is 0 Å². The van der Waals surface area contributed by atoms with Crippen LogP contribution in [0.25, 0.3) is 0 Å². The fourth-order valence-electron chi connectivity index (χ4n) is 3.21. The topological polar surface area (TPSA) is 12.0 Å². The summed E-state index contributed by atoms with van der Waals surface area (Å²) in [4.78, 5) is 0. The molecule has 1 unspecified atom stereocenters. The van der Waals surface area contributed by atoms with Crippen LogP contribution in [0, 0.1) is 5.41 Å². The SMILES string of the molecule is CCCCc1ccc(NC2CCCC(C)(C)C2)cc1. The summed E-state index contributed by atoms with van der Waals surface area (Å²) in [6.07, 6.45) is 9.14. The summed E-state index contributed by atoms with van der Waals surface area (Å²) in [5.41, 5.74) is 3.27. The Balaban J connectivity index is 1.88. The Bertz CT molecular complexity index is 377. The van der Waals surface area contributed by atoms with E-state index in [9.17, 15) is 0 Å². The Morgan fingerprint density at radius 2 is 1.95 bits per heavy atom. The number of anilines is 1. The predicted molar refractivity (Wildman–Crippen MR) is 84.7 cm³/mol. The molecule has 1 nitrogen and oxygen atoms in total. The third-order valence-electron chi connectivity index (χ3n) is 4.35. The van der Waals surface area contributed by atoms with Crippen molar-refractivity contribution < 1.29 is 0 Å². The highest BCUT2D eigenvalue weighted by Crippen LogP contribution is 2.36. The Hall–Kier alpha value is -0.980. The molecule has 1 heteroatoms. The van der Waals surface area contributed by atoms with Gasteiger partial charge in [0.2, 0.25) is 0 Å². The molecule has 0 radical (unpaired) electrons. The Labute approximate surface area is 118 Å². The summed E-state index contributed by atoms with van der Waals surface area (Å²) in [6, 6.07) is 9.74. The van der Waals surface area contributed by atoms with Crippen LogP contribution in [-0.4, -0.2) is 6.04 Å². The smallest absolute Gasteiger partial charge is 0.0342 e. The first-order valence-corrected chi connectivity index (χ1v) is 7.94. The monoisotopic (exact) mass is 259 g/mol. The molecular weight excluding hydrogens is 230 g/mol. The van der Waals surface area contributed by atoms with Crippen LogP contribution in [0.4, 0.5) is 5.69 Å².